The van der Waals surface area contributed by atoms with E-state index in [0.717, 1.165) is 0 Å². The summed E-state index contributed by atoms with van der Waals surface area (Å²) in [6, 6.07) is 6.80. The van der Waals surface area contributed by atoms with Gasteiger partial charge in [-0.15, -0.1) is 12.4 Å². The van der Waals surface area contributed by atoms with Crippen LogP contribution in [0.5, 0.6) is 0 Å². The molecule has 0 bridgehead atoms. The number of rotatable bonds is 5. The van der Waals surface area contributed by atoms with Gasteiger partial charge in [0.25, 0.3) is 5.91 Å². The Labute approximate surface area is 150 Å². The molecule has 1 aromatic rings. The molecule has 0 saturated carbocycles. The van der Waals surface area contributed by atoms with Crippen molar-refractivity contribution >= 4 is 34.0 Å². The Bertz CT molecular complexity index is 692. The fourth-order valence-electron chi connectivity index (χ4n) is 2.72. The summed E-state index contributed by atoms with van der Waals surface area (Å²) < 4.78 is 25.4. The zero-order valence-electron chi connectivity index (χ0n) is 14.4. The molecule has 1 saturated heterocycles. The van der Waals surface area contributed by atoms with Crippen LogP contribution in [0.3, 0.4) is 0 Å². The van der Waals surface area contributed by atoms with Gasteiger partial charge in [0, 0.05) is 25.7 Å². The van der Waals surface area contributed by atoms with Gasteiger partial charge in [-0.05, 0) is 36.6 Å². The Morgan fingerprint density at radius 3 is 2.58 bits per heavy atom. The Morgan fingerprint density at radius 1 is 1.38 bits per heavy atom. The summed E-state index contributed by atoms with van der Waals surface area (Å²) in [6.07, 6.45) is 0.616. The molecule has 1 aliphatic rings. The van der Waals surface area contributed by atoms with Crippen LogP contribution in [0.25, 0.3) is 0 Å². The number of anilines is 1. The van der Waals surface area contributed by atoms with E-state index in [4.69, 9.17) is 5.73 Å². The molecule has 1 aromatic carbocycles. The quantitative estimate of drug-likeness (QED) is 0.849. The van der Waals surface area contributed by atoms with Gasteiger partial charge in [0.2, 0.25) is 10.0 Å². The van der Waals surface area contributed by atoms with E-state index in [-0.39, 0.29) is 29.5 Å². The summed E-state index contributed by atoms with van der Waals surface area (Å²) in [5.74, 6) is 0.0282. The van der Waals surface area contributed by atoms with Crippen molar-refractivity contribution in [2.24, 2.45) is 11.1 Å². The van der Waals surface area contributed by atoms with E-state index in [1.807, 2.05) is 13.8 Å². The molecule has 0 spiro atoms. The minimum absolute atomic E-state index is 0. The largest absolute Gasteiger partial charge is 0.341 e. The van der Waals surface area contributed by atoms with Crippen molar-refractivity contribution < 1.29 is 13.2 Å². The third-order valence-corrected chi connectivity index (χ3v) is 5.91. The van der Waals surface area contributed by atoms with E-state index in [9.17, 15) is 13.2 Å². The Kier molecular flexibility index (Phi) is 6.67. The molecule has 0 aliphatic carbocycles. The minimum Gasteiger partial charge on any atom is -0.341 e. The van der Waals surface area contributed by atoms with Crippen LogP contribution in [0.2, 0.25) is 0 Å². The monoisotopic (exact) mass is 375 g/mol. The Morgan fingerprint density at radius 2 is 2.04 bits per heavy atom. The van der Waals surface area contributed by atoms with Gasteiger partial charge in [0.15, 0.2) is 0 Å². The van der Waals surface area contributed by atoms with E-state index in [1.54, 1.807) is 36.2 Å². The summed E-state index contributed by atoms with van der Waals surface area (Å²) in [6.45, 7) is 5.50. The fraction of sp³-hybridized carbons (Fsp3) is 0.562. The van der Waals surface area contributed by atoms with Crippen molar-refractivity contribution in [2.75, 3.05) is 36.7 Å². The Hall–Kier alpha value is -1.31. The van der Waals surface area contributed by atoms with Crippen molar-refractivity contribution in [2.45, 2.75) is 20.3 Å². The Balaban J connectivity index is 0.00000288. The molecule has 0 atom stereocenters. The van der Waals surface area contributed by atoms with Gasteiger partial charge in [-0.25, -0.2) is 8.42 Å². The van der Waals surface area contributed by atoms with Crippen LogP contribution in [-0.4, -0.2) is 51.7 Å². The first kappa shape index (κ1) is 20.7. The van der Waals surface area contributed by atoms with Gasteiger partial charge in [0.05, 0.1) is 11.4 Å². The number of benzene rings is 1. The van der Waals surface area contributed by atoms with Crippen molar-refractivity contribution in [3.05, 3.63) is 29.8 Å². The third-order valence-electron chi connectivity index (χ3n) is 4.04. The second kappa shape index (κ2) is 7.72. The van der Waals surface area contributed by atoms with E-state index < -0.39 is 10.0 Å². The fourth-order valence-corrected chi connectivity index (χ4v) is 4.28. The van der Waals surface area contributed by atoms with Crippen LogP contribution < -0.4 is 10.0 Å². The lowest BCUT2D eigenvalue weighted by Gasteiger charge is -2.29. The number of nitrogens with zero attached hydrogens (tertiary/aromatic N) is 2. The van der Waals surface area contributed by atoms with Crippen molar-refractivity contribution in [3.8, 4) is 0 Å². The molecular formula is C16H26ClN3O3S. The summed E-state index contributed by atoms with van der Waals surface area (Å²) in [5, 5.41) is 0. The van der Waals surface area contributed by atoms with Gasteiger partial charge < -0.3 is 10.6 Å². The topological polar surface area (TPSA) is 83.7 Å². The summed E-state index contributed by atoms with van der Waals surface area (Å²) >= 11 is 0. The molecule has 0 aromatic heterocycles. The van der Waals surface area contributed by atoms with Gasteiger partial charge >= 0.3 is 0 Å². The van der Waals surface area contributed by atoms with E-state index >= 15 is 0 Å². The molecule has 1 amide bonds. The van der Waals surface area contributed by atoms with Crippen LogP contribution in [0.1, 0.15) is 30.6 Å². The number of hydrogen-bond acceptors (Lipinski definition) is 4. The summed E-state index contributed by atoms with van der Waals surface area (Å²) in [7, 11) is -1.51. The molecule has 24 heavy (non-hydrogen) atoms. The van der Waals surface area contributed by atoms with Crippen molar-refractivity contribution in [1.29, 1.82) is 0 Å². The van der Waals surface area contributed by atoms with E-state index in [1.165, 1.54) is 4.31 Å². The lowest BCUT2D eigenvalue weighted by Crippen LogP contribution is -2.39. The molecule has 8 heteroatoms. The first-order chi connectivity index (χ1) is 10.7. The van der Waals surface area contributed by atoms with Gasteiger partial charge in [0.1, 0.15) is 0 Å². The molecule has 1 heterocycles. The van der Waals surface area contributed by atoms with Crippen LogP contribution in [0, 0.1) is 5.41 Å². The highest BCUT2D eigenvalue weighted by atomic mass is 35.5. The lowest BCUT2D eigenvalue weighted by atomic mass is 9.93. The molecule has 1 aliphatic heterocycles. The van der Waals surface area contributed by atoms with E-state index in [0.29, 0.717) is 37.3 Å². The van der Waals surface area contributed by atoms with Crippen LogP contribution >= 0.6 is 12.4 Å². The molecule has 2 N–H and O–H groups in total. The zero-order valence-corrected chi connectivity index (χ0v) is 16.0. The number of nitrogens with two attached hydrogens (primary N) is 1. The number of carbonyl (C=O) groups is 1. The maximum Gasteiger partial charge on any atom is 0.253 e. The SMILES string of the molecule is CN(CC(C)(C)CN)C(=O)c1cccc(N2CCCS2(=O)=O)c1.Cl. The van der Waals surface area contributed by atoms with Crippen LogP contribution in [0.4, 0.5) is 5.69 Å². The molecular weight excluding hydrogens is 350 g/mol. The average molecular weight is 376 g/mol. The normalized spacial score (nSPS) is 16.6. The van der Waals surface area contributed by atoms with Crippen molar-refractivity contribution in [1.82, 2.24) is 4.90 Å². The number of sulfonamides is 1. The lowest BCUT2D eigenvalue weighted by molar-refractivity contribution is 0.0740. The molecule has 0 radical (unpaired) electrons. The average Bonchev–Trinajstić information content (AvgIpc) is 2.85. The van der Waals surface area contributed by atoms with Crippen LogP contribution in [-0.2, 0) is 10.0 Å². The standard InChI is InChI=1S/C16H25N3O3S.ClH/c1-16(2,11-17)12-18(3)15(20)13-6-4-7-14(10-13)19-8-5-9-23(19,21)22;/h4,6-7,10H,5,8-9,11-12,17H2,1-3H3;1H. The number of halogens is 1. The van der Waals surface area contributed by atoms with Crippen LogP contribution in [0.15, 0.2) is 24.3 Å². The molecule has 136 valence electrons. The highest BCUT2D eigenvalue weighted by molar-refractivity contribution is 7.93. The first-order valence-corrected chi connectivity index (χ1v) is 9.33. The third kappa shape index (κ3) is 4.62. The second-order valence-corrected chi connectivity index (χ2v) is 8.83. The minimum atomic E-state index is -3.24. The number of amides is 1. The molecule has 0 unspecified atom stereocenters. The predicted molar refractivity (Wildman–Crippen MR) is 99.2 cm³/mol. The molecule has 1 fully saturated rings. The predicted octanol–water partition coefficient (Wildman–Crippen LogP) is 1.71. The maximum absolute atomic E-state index is 12.6. The van der Waals surface area contributed by atoms with E-state index in [2.05, 4.69) is 0 Å². The summed E-state index contributed by atoms with van der Waals surface area (Å²) in [4.78, 5) is 14.2. The van der Waals surface area contributed by atoms with Gasteiger partial charge in [-0.3, -0.25) is 9.10 Å². The maximum atomic E-state index is 12.6. The van der Waals surface area contributed by atoms with Crippen molar-refractivity contribution in [3.63, 3.8) is 0 Å². The van der Waals surface area contributed by atoms with Gasteiger partial charge in [-0.1, -0.05) is 19.9 Å². The molecule has 2 rings (SSSR count). The second-order valence-electron chi connectivity index (χ2n) is 6.82. The zero-order chi connectivity index (χ0) is 17.3. The first-order valence-electron chi connectivity index (χ1n) is 7.72. The molecule has 6 nitrogen and oxygen atoms in total. The number of hydrogen-bond donors (Lipinski definition) is 1. The van der Waals surface area contributed by atoms with Gasteiger partial charge in [-0.2, -0.15) is 0 Å². The smallest absolute Gasteiger partial charge is 0.253 e. The summed E-state index contributed by atoms with van der Waals surface area (Å²) in [5.41, 5.74) is 6.59. The highest BCUT2D eigenvalue weighted by Gasteiger charge is 2.29. The number of carbonyl (C=O) groups excluding carboxylic acids is 1. The highest BCUT2D eigenvalue weighted by Crippen LogP contribution is 2.25.